The van der Waals surface area contributed by atoms with E-state index < -0.39 is 0 Å². The van der Waals surface area contributed by atoms with E-state index >= 15 is 0 Å². The topological polar surface area (TPSA) is 81.0 Å². The van der Waals surface area contributed by atoms with Crippen molar-refractivity contribution in [2.75, 3.05) is 32.2 Å². The molecule has 8 nitrogen and oxygen atoms in total. The first-order valence-electron chi connectivity index (χ1n) is 10.0. The number of anilines is 1. The summed E-state index contributed by atoms with van der Waals surface area (Å²) in [6.07, 6.45) is 0.912. The van der Waals surface area contributed by atoms with Crippen molar-refractivity contribution in [3.63, 3.8) is 0 Å². The van der Waals surface area contributed by atoms with Crippen molar-refractivity contribution < 1.29 is 14.3 Å². The van der Waals surface area contributed by atoms with Gasteiger partial charge in [-0.25, -0.2) is 9.50 Å². The average Bonchev–Trinajstić information content (AvgIpc) is 3.30. The summed E-state index contributed by atoms with van der Waals surface area (Å²) < 4.78 is 12.8. The molecule has 1 aliphatic rings. The highest BCUT2D eigenvalue weighted by Crippen LogP contribution is 2.35. The van der Waals surface area contributed by atoms with Crippen molar-refractivity contribution in [1.82, 2.24) is 19.9 Å². The number of carbonyl (C=O) groups is 1. The molecule has 1 N–H and O–H groups in total. The zero-order valence-corrected chi connectivity index (χ0v) is 18.0. The SMILES string of the molecule is COc1ccc(-c2c(C)nc3c(N4CC[C@@H](NC(C)=O)C4)cc(C)nn23)cc1OC. The van der Waals surface area contributed by atoms with Crippen LogP contribution in [0.4, 0.5) is 5.69 Å². The van der Waals surface area contributed by atoms with Gasteiger partial charge in [-0.1, -0.05) is 0 Å². The summed E-state index contributed by atoms with van der Waals surface area (Å²) in [7, 11) is 3.25. The molecule has 2 aromatic heterocycles. The van der Waals surface area contributed by atoms with Crippen LogP contribution >= 0.6 is 0 Å². The van der Waals surface area contributed by atoms with Gasteiger partial charge in [-0.15, -0.1) is 0 Å². The molecule has 0 bridgehead atoms. The number of ether oxygens (including phenoxy) is 2. The second kappa shape index (κ2) is 7.85. The van der Waals surface area contributed by atoms with Crippen molar-refractivity contribution in [2.45, 2.75) is 33.2 Å². The zero-order chi connectivity index (χ0) is 21.4. The molecular formula is C22H27N5O3. The summed E-state index contributed by atoms with van der Waals surface area (Å²) in [5.74, 6) is 1.35. The molecule has 1 aliphatic heterocycles. The van der Waals surface area contributed by atoms with Crippen molar-refractivity contribution in [3.05, 3.63) is 35.7 Å². The van der Waals surface area contributed by atoms with Crippen LogP contribution in [0.2, 0.25) is 0 Å². The van der Waals surface area contributed by atoms with Crippen molar-refractivity contribution in [3.8, 4) is 22.8 Å². The summed E-state index contributed by atoms with van der Waals surface area (Å²) in [4.78, 5) is 18.6. The van der Waals surface area contributed by atoms with Gasteiger partial charge in [0, 0.05) is 31.6 Å². The lowest BCUT2D eigenvalue weighted by atomic mass is 10.1. The van der Waals surface area contributed by atoms with Crippen LogP contribution in [0.1, 0.15) is 24.7 Å². The Morgan fingerprint density at radius 3 is 2.63 bits per heavy atom. The fourth-order valence-corrected chi connectivity index (χ4v) is 4.16. The van der Waals surface area contributed by atoms with E-state index in [1.807, 2.05) is 36.6 Å². The maximum absolute atomic E-state index is 11.4. The van der Waals surface area contributed by atoms with E-state index in [9.17, 15) is 4.79 Å². The Hall–Kier alpha value is -3.29. The molecule has 1 aromatic carbocycles. The maximum atomic E-state index is 11.4. The Morgan fingerprint density at radius 1 is 1.17 bits per heavy atom. The third-order valence-electron chi connectivity index (χ3n) is 5.45. The van der Waals surface area contributed by atoms with Gasteiger partial charge in [0.05, 0.1) is 37.0 Å². The maximum Gasteiger partial charge on any atom is 0.217 e. The summed E-state index contributed by atoms with van der Waals surface area (Å²) >= 11 is 0. The Kier molecular flexibility index (Phi) is 5.24. The molecule has 1 atom stereocenters. The molecule has 3 heterocycles. The summed E-state index contributed by atoms with van der Waals surface area (Å²) in [5.41, 5.74) is 5.52. The molecule has 0 aliphatic carbocycles. The first-order valence-corrected chi connectivity index (χ1v) is 10.0. The molecule has 8 heteroatoms. The number of amides is 1. The summed E-state index contributed by atoms with van der Waals surface area (Å²) in [5, 5.41) is 7.78. The van der Waals surface area contributed by atoms with Crippen molar-refractivity contribution in [2.24, 2.45) is 0 Å². The molecule has 0 saturated carbocycles. The minimum absolute atomic E-state index is 0.00491. The molecule has 0 unspecified atom stereocenters. The quantitative estimate of drug-likeness (QED) is 0.698. The van der Waals surface area contributed by atoms with Crippen LogP contribution < -0.4 is 19.7 Å². The molecule has 3 aromatic rings. The van der Waals surface area contributed by atoms with Crippen LogP contribution in [-0.2, 0) is 4.79 Å². The van der Waals surface area contributed by atoms with E-state index in [4.69, 9.17) is 19.6 Å². The van der Waals surface area contributed by atoms with Crippen LogP contribution in [0.5, 0.6) is 11.5 Å². The lowest BCUT2D eigenvalue weighted by molar-refractivity contribution is -0.119. The Balaban J connectivity index is 1.79. The normalized spacial score (nSPS) is 16.2. The molecule has 158 valence electrons. The van der Waals surface area contributed by atoms with Crippen molar-refractivity contribution >= 4 is 17.2 Å². The fraction of sp³-hybridized carbons (Fsp3) is 0.409. The lowest BCUT2D eigenvalue weighted by Crippen LogP contribution is -2.35. The Bertz CT molecular complexity index is 1110. The number of hydrogen-bond acceptors (Lipinski definition) is 6. The van der Waals surface area contributed by atoms with Crippen LogP contribution in [0.25, 0.3) is 16.9 Å². The number of hydrogen-bond donors (Lipinski definition) is 1. The van der Waals surface area contributed by atoms with E-state index in [0.717, 1.165) is 53.5 Å². The van der Waals surface area contributed by atoms with Crippen LogP contribution in [0.3, 0.4) is 0 Å². The van der Waals surface area contributed by atoms with E-state index in [1.165, 1.54) is 0 Å². The second-order valence-corrected chi connectivity index (χ2v) is 7.65. The van der Waals surface area contributed by atoms with Gasteiger partial charge in [0.2, 0.25) is 5.91 Å². The standard InChI is InChI=1S/C22H27N5O3/c1-13-10-18(26-9-8-17(12-26)24-15(3)28)22-23-14(2)21(27(22)25-13)16-6-7-19(29-4)20(11-16)30-5/h6-7,10-11,17H,8-9,12H2,1-5H3,(H,24,28)/t17-/m1/s1. The highest BCUT2D eigenvalue weighted by molar-refractivity contribution is 5.77. The Morgan fingerprint density at radius 2 is 1.93 bits per heavy atom. The molecule has 4 rings (SSSR count). The number of benzene rings is 1. The highest BCUT2D eigenvalue weighted by atomic mass is 16.5. The number of methoxy groups -OCH3 is 2. The molecule has 1 saturated heterocycles. The smallest absolute Gasteiger partial charge is 0.217 e. The number of carbonyl (C=O) groups excluding carboxylic acids is 1. The van der Waals surface area contributed by atoms with E-state index in [-0.39, 0.29) is 11.9 Å². The predicted molar refractivity (Wildman–Crippen MR) is 115 cm³/mol. The number of aromatic nitrogens is 3. The second-order valence-electron chi connectivity index (χ2n) is 7.65. The highest BCUT2D eigenvalue weighted by Gasteiger charge is 2.27. The van der Waals surface area contributed by atoms with Crippen LogP contribution in [0.15, 0.2) is 24.3 Å². The monoisotopic (exact) mass is 409 g/mol. The van der Waals surface area contributed by atoms with Gasteiger partial charge < -0.3 is 19.7 Å². The van der Waals surface area contributed by atoms with Crippen LogP contribution in [0, 0.1) is 13.8 Å². The minimum Gasteiger partial charge on any atom is -0.493 e. The van der Waals surface area contributed by atoms with Gasteiger partial charge in [0.25, 0.3) is 0 Å². The third-order valence-corrected chi connectivity index (χ3v) is 5.45. The average molecular weight is 409 g/mol. The molecule has 0 radical (unpaired) electrons. The molecule has 30 heavy (non-hydrogen) atoms. The molecule has 0 spiro atoms. The van der Waals surface area contributed by atoms with Crippen molar-refractivity contribution in [1.29, 1.82) is 0 Å². The fourth-order valence-electron chi connectivity index (χ4n) is 4.16. The van der Waals surface area contributed by atoms with Gasteiger partial charge >= 0.3 is 0 Å². The Labute approximate surface area is 175 Å². The van der Waals surface area contributed by atoms with Gasteiger partial charge in [-0.3, -0.25) is 4.79 Å². The van der Waals surface area contributed by atoms with E-state index in [2.05, 4.69) is 16.3 Å². The predicted octanol–water partition coefficient (Wildman–Crippen LogP) is 2.75. The molecular weight excluding hydrogens is 382 g/mol. The van der Waals surface area contributed by atoms with Gasteiger partial charge in [0.15, 0.2) is 17.1 Å². The van der Waals surface area contributed by atoms with Gasteiger partial charge in [-0.2, -0.15) is 5.10 Å². The minimum atomic E-state index is 0.00491. The number of rotatable bonds is 5. The first-order chi connectivity index (χ1) is 14.4. The first kappa shape index (κ1) is 20.0. The number of aryl methyl sites for hydroxylation is 2. The zero-order valence-electron chi connectivity index (χ0n) is 18.0. The van der Waals surface area contributed by atoms with Crippen LogP contribution in [-0.4, -0.2) is 53.9 Å². The summed E-state index contributed by atoms with van der Waals surface area (Å²) in [6.45, 7) is 7.16. The molecule has 1 fully saturated rings. The van der Waals surface area contributed by atoms with Gasteiger partial charge in [0.1, 0.15) is 0 Å². The van der Waals surface area contributed by atoms with E-state index in [0.29, 0.717) is 11.5 Å². The lowest BCUT2D eigenvalue weighted by Gasteiger charge is -2.20. The number of imidazole rings is 1. The van der Waals surface area contributed by atoms with E-state index in [1.54, 1.807) is 21.1 Å². The van der Waals surface area contributed by atoms with Gasteiger partial charge in [-0.05, 0) is 44.5 Å². The summed E-state index contributed by atoms with van der Waals surface area (Å²) in [6, 6.07) is 8.04. The number of nitrogens with one attached hydrogen (secondary N) is 1. The third kappa shape index (κ3) is 3.53. The number of fused-ring (bicyclic) bond motifs is 1. The molecule has 1 amide bonds. The number of nitrogens with zero attached hydrogens (tertiary/aromatic N) is 4. The largest absolute Gasteiger partial charge is 0.493 e.